The van der Waals surface area contributed by atoms with Crippen LogP contribution in [0.2, 0.25) is 0 Å². The Morgan fingerprint density at radius 3 is 2.70 bits per heavy atom. The third-order valence-electron chi connectivity index (χ3n) is 5.14. The molecule has 2 heterocycles. The number of hydrogen-bond acceptors (Lipinski definition) is 5. The molecule has 6 nitrogen and oxygen atoms in total. The SMILES string of the molecule is O=C(NCCC1=CCCCC1)C(=O)NC[C@@H](c1cccs1)N1CCOCC1. The lowest BCUT2D eigenvalue weighted by atomic mass is 9.97. The fraction of sp³-hybridized carbons (Fsp3) is 0.600. The summed E-state index contributed by atoms with van der Waals surface area (Å²) in [5.74, 6) is -1.10. The van der Waals surface area contributed by atoms with Gasteiger partial charge in [0.15, 0.2) is 0 Å². The van der Waals surface area contributed by atoms with E-state index in [-0.39, 0.29) is 6.04 Å². The maximum absolute atomic E-state index is 12.2. The molecule has 0 spiro atoms. The molecule has 1 aliphatic carbocycles. The van der Waals surface area contributed by atoms with Crippen molar-refractivity contribution < 1.29 is 14.3 Å². The minimum absolute atomic E-state index is 0.0815. The van der Waals surface area contributed by atoms with Crippen molar-refractivity contribution in [3.8, 4) is 0 Å². The molecule has 2 N–H and O–H groups in total. The molecule has 2 amide bonds. The van der Waals surface area contributed by atoms with Gasteiger partial charge in [0, 0.05) is 31.1 Å². The van der Waals surface area contributed by atoms with E-state index in [0.29, 0.717) is 26.3 Å². The highest BCUT2D eigenvalue weighted by atomic mass is 32.1. The first-order chi connectivity index (χ1) is 13.2. The minimum Gasteiger partial charge on any atom is -0.379 e. The molecule has 2 aliphatic rings. The first-order valence-corrected chi connectivity index (χ1v) is 10.7. The molecule has 0 unspecified atom stereocenters. The Morgan fingerprint density at radius 1 is 1.19 bits per heavy atom. The first kappa shape index (κ1) is 20.0. The van der Waals surface area contributed by atoms with Crippen LogP contribution in [0.3, 0.4) is 0 Å². The van der Waals surface area contributed by atoms with Crippen molar-refractivity contribution in [1.82, 2.24) is 15.5 Å². The third-order valence-corrected chi connectivity index (χ3v) is 6.11. The first-order valence-electron chi connectivity index (χ1n) is 9.83. The number of nitrogens with zero attached hydrogens (tertiary/aromatic N) is 1. The van der Waals surface area contributed by atoms with E-state index in [1.165, 1.54) is 23.3 Å². The lowest BCUT2D eigenvalue weighted by Gasteiger charge is -2.34. The zero-order chi connectivity index (χ0) is 18.9. The number of carbonyl (C=O) groups excluding carboxylic acids is 2. The largest absolute Gasteiger partial charge is 0.379 e. The summed E-state index contributed by atoms with van der Waals surface area (Å²) in [6, 6.07) is 4.18. The fourth-order valence-corrected chi connectivity index (χ4v) is 4.46. The molecule has 1 aromatic rings. The summed E-state index contributed by atoms with van der Waals surface area (Å²) in [4.78, 5) is 27.8. The topological polar surface area (TPSA) is 70.7 Å². The quantitative estimate of drug-likeness (QED) is 0.552. The third kappa shape index (κ3) is 6.16. The second kappa shape index (κ2) is 10.6. The molecule has 3 rings (SSSR count). The molecule has 27 heavy (non-hydrogen) atoms. The molecule has 0 saturated carbocycles. The van der Waals surface area contributed by atoms with Gasteiger partial charge in [-0.05, 0) is 43.6 Å². The molecule has 1 fully saturated rings. The van der Waals surface area contributed by atoms with Crippen LogP contribution in [0.5, 0.6) is 0 Å². The van der Waals surface area contributed by atoms with Crippen molar-refractivity contribution in [2.75, 3.05) is 39.4 Å². The zero-order valence-corrected chi connectivity index (χ0v) is 16.6. The Morgan fingerprint density at radius 2 is 2.00 bits per heavy atom. The van der Waals surface area contributed by atoms with Crippen LogP contribution >= 0.6 is 11.3 Å². The summed E-state index contributed by atoms with van der Waals surface area (Å²) in [5, 5.41) is 7.60. The van der Waals surface area contributed by atoms with Gasteiger partial charge < -0.3 is 15.4 Å². The summed E-state index contributed by atoms with van der Waals surface area (Å²) in [7, 11) is 0. The van der Waals surface area contributed by atoms with E-state index in [2.05, 4.69) is 27.7 Å². The lowest BCUT2D eigenvalue weighted by molar-refractivity contribution is -0.139. The van der Waals surface area contributed by atoms with Gasteiger partial charge in [-0.25, -0.2) is 0 Å². The normalized spacial score (nSPS) is 19.2. The Bertz CT molecular complexity index is 639. The van der Waals surface area contributed by atoms with Crippen LogP contribution in [0.4, 0.5) is 0 Å². The highest BCUT2D eigenvalue weighted by molar-refractivity contribution is 7.10. The Kier molecular flexibility index (Phi) is 7.86. The van der Waals surface area contributed by atoms with Crippen LogP contribution in [0, 0.1) is 0 Å². The van der Waals surface area contributed by atoms with Gasteiger partial charge in [0.2, 0.25) is 0 Å². The second-order valence-electron chi connectivity index (χ2n) is 7.00. The van der Waals surface area contributed by atoms with Gasteiger partial charge in [-0.3, -0.25) is 14.5 Å². The van der Waals surface area contributed by atoms with Crippen LogP contribution in [0.1, 0.15) is 43.0 Å². The molecular formula is C20H29N3O3S. The molecule has 1 saturated heterocycles. The van der Waals surface area contributed by atoms with E-state index < -0.39 is 11.8 Å². The Labute approximate surface area is 165 Å². The van der Waals surface area contributed by atoms with Crippen LogP contribution < -0.4 is 10.6 Å². The number of carbonyl (C=O) groups is 2. The molecule has 0 radical (unpaired) electrons. The fourth-order valence-electron chi connectivity index (χ4n) is 3.60. The number of hydrogen-bond donors (Lipinski definition) is 2. The number of morpholine rings is 1. The van der Waals surface area contributed by atoms with Crippen LogP contribution in [0.15, 0.2) is 29.2 Å². The van der Waals surface area contributed by atoms with E-state index >= 15 is 0 Å². The van der Waals surface area contributed by atoms with Crippen molar-refractivity contribution in [1.29, 1.82) is 0 Å². The average Bonchev–Trinajstić information content (AvgIpc) is 3.24. The molecule has 1 aromatic heterocycles. The summed E-state index contributed by atoms with van der Waals surface area (Å²) in [6.45, 7) is 4.02. The van der Waals surface area contributed by atoms with Gasteiger partial charge in [0.05, 0.1) is 19.3 Å². The molecule has 0 bridgehead atoms. The van der Waals surface area contributed by atoms with E-state index in [4.69, 9.17) is 4.74 Å². The summed E-state index contributed by atoms with van der Waals surface area (Å²) >= 11 is 1.67. The Balaban J connectivity index is 1.45. The van der Waals surface area contributed by atoms with Gasteiger partial charge in [-0.15, -0.1) is 11.3 Å². The molecule has 148 valence electrons. The minimum atomic E-state index is -0.553. The van der Waals surface area contributed by atoms with Crippen molar-refractivity contribution in [3.63, 3.8) is 0 Å². The molecule has 0 aromatic carbocycles. The smallest absolute Gasteiger partial charge is 0.309 e. The number of allylic oxidation sites excluding steroid dienone is 1. The van der Waals surface area contributed by atoms with Crippen molar-refractivity contribution in [2.45, 2.75) is 38.1 Å². The van der Waals surface area contributed by atoms with Gasteiger partial charge in [0.25, 0.3) is 0 Å². The summed E-state index contributed by atoms with van der Waals surface area (Å²) in [5.41, 5.74) is 1.40. The predicted molar refractivity (Wildman–Crippen MR) is 107 cm³/mol. The highest BCUT2D eigenvalue weighted by Crippen LogP contribution is 2.25. The van der Waals surface area contributed by atoms with E-state index in [1.54, 1.807) is 11.3 Å². The molecular weight excluding hydrogens is 362 g/mol. The average molecular weight is 392 g/mol. The molecule has 1 aliphatic heterocycles. The van der Waals surface area contributed by atoms with E-state index in [9.17, 15) is 9.59 Å². The van der Waals surface area contributed by atoms with Crippen LogP contribution in [-0.4, -0.2) is 56.1 Å². The predicted octanol–water partition coefficient (Wildman–Crippen LogP) is 2.24. The second-order valence-corrected chi connectivity index (χ2v) is 7.98. The number of amides is 2. The molecule has 1 atom stereocenters. The lowest BCUT2D eigenvalue weighted by Crippen LogP contribution is -2.46. The van der Waals surface area contributed by atoms with Crippen molar-refractivity contribution in [3.05, 3.63) is 34.0 Å². The van der Waals surface area contributed by atoms with Gasteiger partial charge in [-0.1, -0.05) is 17.7 Å². The van der Waals surface area contributed by atoms with Crippen molar-refractivity contribution in [2.24, 2.45) is 0 Å². The molecule has 7 heteroatoms. The van der Waals surface area contributed by atoms with Gasteiger partial charge >= 0.3 is 11.8 Å². The number of rotatable bonds is 7. The van der Waals surface area contributed by atoms with Crippen molar-refractivity contribution >= 4 is 23.2 Å². The van der Waals surface area contributed by atoms with E-state index in [1.807, 2.05) is 11.4 Å². The van der Waals surface area contributed by atoms with E-state index in [0.717, 1.165) is 32.4 Å². The van der Waals surface area contributed by atoms with Crippen LogP contribution in [-0.2, 0) is 14.3 Å². The number of nitrogens with one attached hydrogen (secondary N) is 2. The maximum Gasteiger partial charge on any atom is 0.309 e. The van der Waals surface area contributed by atoms with Gasteiger partial charge in [0.1, 0.15) is 0 Å². The van der Waals surface area contributed by atoms with Gasteiger partial charge in [-0.2, -0.15) is 0 Å². The van der Waals surface area contributed by atoms with Crippen LogP contribution in [0.25, 0.3) is 0 Å². The highest BCUT2D eigenvalue weighted by Gasteiger charge is 2.25. The zero-order valence-electron chi connectivity index (χ0n) is 15.7. The number of thiophene rings is 1. The maximum atomic E-state index is 12.2. The summed E-state index contributed by atoms with van der Waals surface area (Å²) in [6.07, 6.45) is 7.84. The summed E-state index contributed by atoms with van der Waals surface area (Å²) < 4.78 is 5.43. The standard InChI is InChI=1S/C20H29N3O3S/c24-19(21-9-8-16-5-2-1-3-6-16)20(25)22-15-17(18-7-4-14-27-18)23-10-12-26-13-11-23/h4-5,7,14,17H,1-3,6,8-13,15H2,(H,21,24)(H,22,25)/t17-/m0/s1. The Hall–Kier alpha value is -1.70. The number of ether oxygens (including phenoxy) is 1. The monoisotopic (exact) mass is 391 g/mol.